The third-order valence-corrected chi connectivity index (χ3v) is 12.7. The van der Waals surface area contributed by atoms with Crippen molar-refractivity contribution in [2.24, 2.45) is 0 Å². The fourth-order valence-electron chi connectivity index (χ4n) is 7.48. The molecule has 9 heteroatoms. The smallest absolute Gasteiger partial charge is 0.387 e. The Hall–Kier alpha value is -2.06. The van der Waals surface area contributed by atoms with E-state index in [0.717, 1.165) is 77.0 Å². The van der Waals surface area contributed by atoms with E-state index in [-0.39, 0.29) is 19.1 Å². The molecule has 0 spiro atoms. The first-order chi connectivity index (χ1) is 31.5. The summed E-state index contributed by atoms with van der Waals surface area (Å²) >= 11 is 0. The summed E-state index contributed by atoms with van der Waals surface area (Å²) in [6.07, 6.45) is 64.8. The van der Waals surface area contributed by atoms with Gasteiger partial charge in [0.2, 0.25) is 5.91 Å². The van der Waals surface area contributed by atoms with Crippen molar-refractivity contribution in [2.45, 2.75) is 238 Å². The summed E-state index contributed by atoms with van der Waals surface area (Å²) in [5, 5.41) is 13.7. The predicted octanol–water partition coefficient (Wildman–Crippen LogP) is 15.9. The molecule has 0 aromatic carbocycles. The molecule has 0 heterocycles. The number of rotatable bonds is 48. The van der Waals surface area contributed by atoms with Gasteiger partial charge in [-0.3, -0.25) is 13.8 Å². The number of allylic oxidation sites excluding steroid dienone is 11. The van der Waals surface area contributed by atoms with Gasteiger partial charge in [-0.05, 0) is 64.2 Å². The number of unbranched alkanes of at least 4 members (excludes halogenated alkanes) is 25. The van der Waals surface area contributed by atoms with Crippen LogP contribution in [0.1, 0.15) is 226 Å². The summed E-state index contributed by atoms with van der Waals surface area (Å²) in [7, 11) is 1.57. The number of nitrogens with one attached hydrogen (secondary N) is 1. The van der Waals surface area contributed by atoms with Crippen LogP contribution in [0.3, 0.4) is 0 Å². The zero-order valence-electron chi connectivity index (χ0n) is 43.0. The number of likely N-dealkylation sites (N-methyl/N-ethyl adjacent to an activating group) is 1. The van der Waals surface area contributed by atoms with Crippen molar-refractivity contribution in [3.8, 4) is 0 Å². The van der Waals surface area contributed by atoms with Gasteiger partial charge in [-0.1, -0.05) is 228 Å². The van der Waals surface area contributed by atoms with Crippen LogP contribution in [0.4, 0.5) is 0 Å². The molecule has 0 radical (unpaired) electrons. The minimum atomic E-state index is -4.33. The average molecular weight is 932 g/mol. The predicted molar refractivity (Wildman–Crippen MR) is 281 cm³/mol. The van der Waals surface area contributed by atoms with Crippen LogP contribution in [0.5, 0.6) is 0 Å². The second kappa shape index (κ2) is 47.0. The molecule has 0 saturated carbocycles. The average Bonchev–Trinajstić information content (AvgIpc) is 3.26. The number of hydrogen-bond acceptors (Lipinski definition) is 5. The molecule has 0 aromatic rings. The van der Waals surface area contributed by atoms with Crippen LogP contribution in [0.2, 0.25) is 0 Å². The van der Waals surface area contributed by atoms with Crippen LogP contribution in [-0.4, -0.2) is 73.4 Å². The SMILES string of the molecule is CC/C=C\C/C=C\C/C=C\C/C=C\C/C=C\CCCCCCCCCCCCCCCCCCCCCCCC(=O)NC(COP(=O)(O)OCC[N+](C)(C)C)C(O)/C=C/CCCCCC. The third-order valence-electron chi connectivity index (χ3n) is 11.7. The van der Waals surface area contributed by atoms with E-state index >= 15 is 0 Å². The fraction of sp³-hybridized carbons (Fsp3) is 0.768. The van der Waals surface area contributed by atoms with Gasteiger partial charge in [-0.25, -0.2) is 4.57 Å². The standard InChI is InChI=1S/C56H103N2O6P/c1-6-8-10-12-14-15-16-17-18-19-20-21-22-23-24-25-26-27-28-29-30-31-32-33-34-35-36-37-38-39-40-41-42-43-44-46-48-50-56(60)57-54(55(59)49-47-45-13-11-9-7-2)53-64-65(61,62)63-52-51-58(3,4)5/h8,10,14-15,17-18,20-21,23-24,47,49,54-55,59H,6-7,9,11-13,16,19,22,25-46,48,50-53H2,1-5H3,(H-,57,60,61,62)/p+1/b10-8-,15-14-,18-17-,21-20-,24-23-,49-47+. The Morgan fingerprint density at radius 2 is 0.923 bits per heavy atom. The highest BCUT2D eigenvalue weighted by molar-refractivity contribution is 7.47. The molecule has 0 aliphatic heterocycles. The monoisotopic (exact) mass is 932 g/mol. The van der Waals surface area contributed by atoms with E-state index in [4.69, 9.17) is 9.05 Å². The van der Waals surface area contributed by atoms with Gasteiger partial charge in [0, 0.05) is 6.42 Å². The molecule has 0 fully saturated rings. The second-order valence-electron chi connectivity index (χ2n) is 19.2. The number of phosphoric acid groups is 1. The Morgan fingerprint density at radius 3 is 1.35 bits per heavy atom. The maximum Gasteiger partial charge on any atom is 0.472 e. The molecule has 0 saturated heterocycles. The molecule has 0 aromatic heterocycles. The summed E-state index contributed by atoms with van der Waals surface area (Å²) < 4.78 is 23.4. The van der Waals surface area contributed by atoms with Crippen molar-refractivity contribution in [1.29, 1.82) is 0 Å². The van der Waals surface area contributed by atoms with E-state index in [2.05, 4.69) is 79.9 Å². The molecule has 0 aliphatic carbocycles. The minimum absolute atomic E-state index is 0.0603. The molecule has 3 atom stereocenters. The number of nitrogens with zero attached hydrogens (tertiary/aromatic N) is 1. The number of carbonyl (C=O) groups is 1. The number of hydrogen-bond donors (Lipinski definition) is 3. The number of phosphoric ester groups is 1. The summed E-state index contributed by atoms with van der Waals surface area (Å²) in [6.45, 7) is 4.62. The Morgan fingerprint density at radius 1 is 0.538 bits per heavy atom. The molecular weight excluding hydrogens is 828 g/mol. The van der Waals surface area contributed by atoms with Crippen LogP contribution < -0.4 is 5.32 Å². The summed E-state index contributed by atoms with van der Waals surface area (Å²) in [4.78, 5) is 23.0. The van der Waals surface area contributed by atoms with Crippen LogP contribution >= 0.6 is 7.82 Å². The summed E-state index contributed by atoms with van der Waals surface area (Å²) in [5.74, 6) is -0.182. The van der Waals surface area contributed by atoms with Crippen molar-refractivity contribution in [3.05, 3.63) is 72.9 Å². The highest BCUT2D eigenvalue weighted by Gasteiger charge is 2.27. The van der Waals surface area contributed by atoms with Crippen molar-refractivity contribution >= 4 is 13.7 Å². The first-order valence-corrected chi connectivity index (χ1v) is 28.3. The number of carbonyl (C=O) groups excluding carboxylic acids is 1. The lowest BCUT2D eigenvalue weighted by Gasteiger charge is -2.25. The zero-order valence-corrected chi connectivity index (χ0v) is 43.9. The minimum Gasteiger partial charge on any atom is -0.387 e. The van der Waals surface area contributed by atoms with Crippen LogP contribution in [0.25, 0.3) is 0 Å². The molecule has 3 N–H and O–H groups in total. The highest BCUT2D eigenvalue weighted by atomic mass is 31.2. The second-order valence-corrected chi connectivity index (χ2v) is 20.7. The Kier molecular flexibility index (Phi) is 45.5. The quantitative estimate of drug-likeness (QED) is 0.0243. The normalized spacial score (nSPS) is 14.6. The maximum atomic E-state index is 12.8. The number of aliphatic hydroxyl groups excluding tert-OH is 1. The maximum absolute atomic E-state index is 12.8. The molecule has 8 nitrogen and oxygen atoms in total. The molecular formula is C56H104N2O6P+. The van der Waals surface area contributed by atoms with Gasteiger partial charge in [-0.2, -0.15) is 0 Å². The number of quaternary nitrogens is 1. The Balaban J connectivity index is 3.79. The van der Waals surface area contributed by atoms with Crippen LogP contribution in [-0.2, 0) is 18.4 Å². The highest BCUT2D eigenvalue weighted by Crippen LogP contribution is 2.43. The number of amides is 1. The van der Waals surface area contributed by atoms with Gasteiger partial charge in [0.25, 0.3) is 0 Å². The molecule has 0 bridgehead atoms. The van der Waals surface area contributed by atoms with E-state index in [1.165, 1.54) is 128 Å². The largest absolute Gasteiger partial charge is 0.472 e. The van der Waals surface area contributed by atoms with Gasteiger partial charge >= 0.3 is 7.82 Å². The summed E-state index contributed by atoms with van der Waals surface area (Å²) in [6, 6.07) is -0.843. The molecule has 378 valence electrons. The van der Waals surface area contributed by atoms with E-state index in [0.29, 0.717) is 17.4 Å². The van der Waals surface area contributed by atoms with Crippen molar-refractivity contribution in [3.63, 3.8) is 0 Å². The molecule has 3 unspecified atom stereocenters. The van der Waals surface area contributed by atoms with Crippen LogP contribution in [0, 0.1) is 0 Å². The van der Waals surface area contributed by atoms with Crippen molar-refractivity contribution in [2.75, 3.05) is 40.9 Å². The van der Waals surface area contributed by atoms with Gasteiger partial charge < -0.3 is 19.8 Å². The Labute approximate surface area is 402 Å². The van der Waals surface area contributed by atoms with E-state index < -0.39 is 20.0 Å². The number of aliphatic hydroxyl groups is 1. The molecule has 1 amide bonds. The molecule has 0 aliphatic rings. The lowest BCUT2D eigenvalue weighted by atomic mass is 10.0. The molecule has 0 rings (SSSR count). The lowest BCUT2D eigenvalue weighted by Crippen LogP contribution is -2.45. The molecule has 65 heavy (non-hydrogen) atoms. The van der Waals surface area contributed by atoms with E-state index in [9.17, 15) is 19.4 Å². The third kappa shape index (κ3) is 49.7. The van der Waals surface area contributed by atoms with E-state index in [1.54, 1.807) is 6.08 Å². The Bertz CT molecular complexity index is 1290. The van der Waals surface area contributed by atoms with Gasteiger partial charge in [0.1, 0.15) is 13.2 Å². The lowest BCUT2D eigenvalue weighted by molar-refractivity contribution is -0.870. The van der Waals surface area contributed by atoms with Gasteiger partial charge in [0.15, 0.2) is 0 Å². The van der Waals surface area contributed by atoms with Crippen LogP contribution in [0.15, 0.2) is 72.9 Å². The fourth-order valence-corrected chi connectivity index (χ4v) is 8.22. The topological polar surface area (TPSA) is 105 Å². The van der Waals surface area contributed by atoms with Crippen molar-refractivity contribution < 1.29 is 32.9 Å². The van der Waals surface area contributed by atoms with Gasteiger partial charge in [-0.15, -0.1) is 0 Å². The first kappa shape index (κ1) is 62.9. The summed E-state index contributed by atoms with van der Waals surface area (Å²) in [5.41, 5.74) is 0. The van der Waals surface area contributed by atoms with E-state index in [1.807, 2.05) is 27.2 Å². The van der Waals surface area contributed by atoms with Gasteiger partial charge in [0.05, 0.1) is 39.9 Å². The first-order valence-electron chi connectivity index (χ1n) is 26.8. The zero-order chi connectivity index (χ0) is 47.8. The van der Waals surface area contributed by atoms with Crippen molar-refractivity contribution in [1.82, 2.24) is 5.32 Å².